The molecule has 0 aromatic carbocycles. The number of hydrogen-bond donors (Lipinski definition) is 1. The minimum absolute atomic E-state index is 0.554. The summed E-state index contributed by atoms with van der Waals surface area (Å²) in [5, 5.41) is 3.48. The van der Waals surface area contributed by atoms with Crippen molar-refractivity contribution in [1.29, 1.82) is 0 Å². The van der Waals surface area contributed by atoms with Crippen LogP contribution in [0.1, 0.15) is 47.9 Å². The molecule has 1 N–H and O–H groups in total. The van der Waals surface area contributed by atoms with Gasteiger partial charge in [0.25, 0.3) is 0 Å². The molecule has 3 heteroatoms. The van der Waals surface area contributed by atoms with Gasteiger partial charge < -0.3 is 5.32 Å². The second-order valence-corrected chi connectivity index (χ2v) is 6.92. The van der Waals surface area contributed by atoms with Gasteiger partial charge in [-0.05, 0) is 48.3 Å². The molecule has 0 radical (unpaired) electrons. The maximum absolute atomic E-state index is 3.61. The minimum atomic E-state index is 0.554. The fourth-order valence-corrected chi connectivity index (χ4v) is 4.29. The molecule has 0 spiro atoms. The highest BCUT2D eigenvalue weighted by Gasteiger charge is 2.21. The maximum Gasteiger partial charge on any atom is 0.0415 e. The van der Waals surface area contributed by atoms with Crippen molar-refractivity contribution in [1.82, 2.24) is 5.32 Å². The number of nitrogens with one attached hydrogen (secondary N) is 1. The van der Waals surface area contributed by atoms with Crippen LogP contribution in [0.5, 0.6) is 0 Å². The van der Waals surface area contributed by atoms with Crippen molar-refractivity contribution in [2.24, 2.45) is 5.92 Å². The molecule has 1 aromatic rings. The van der Waals surface area contributed by atoms with E-state index in [9.17, 15) is 0 Å². The van der Waals surface area contributed by atoms with Crippen molar-refractivity contribution in [3.8, 4) is 0 Å². The first-order chi connectivity index (χ1) is 7.70. The highest BCUT2D eigenvalue weighted by molar-refractivity contribution is 9.10. The third kappa shape index (κ3) is 2.88. The Morgan fingerprint density at radius 1 is 1.50 bits per heavy atom. The Morgan fingerprint density at radius 2 is 2.19 bits per heavy atom. The summed E-state index contributed by atoms with van der Waals surface area (Å²) in [5.41, 5.74) is 0. The van der Waals surface area contributed by atoms with Gasteiger partial charge in [0, 0.05) is 20.3 Å². The Kier molecular flexibility index (Phi) is 4.45. The average Bonchev–Trinajstić information content (AvgIpc) is 2.86. The monoisotopic (exact) mass is 301 g/mol. The largest absolute Gasteiger partial charge is 0.312 e. The summed E-state index contributed by atoms with van der Waals surface area (Å²) in [6, 6.07) is 2.84. The van der Waals surface area contributed by atoms with E-state index in [0.29, 0.717) is 6.04 Å². The van der Waals surface area contributed by atoms with Crippen LogP contribution < -0.4 is 5.32 Å². The lowest BCUT2D eigenvalue weighted by atomic mass is 9.97. The van der Waals surface area contributed by atoms with Crippen LogP contribution in [0.4, 0.5) is 0 Å². The fraction of sp³-hybridized carbons (Fsp3) is 0.692. The molecule has 90 valence electrons. The molecule has 1 saturated carbocycles. The first kappa shape index (κ1) is 12.6. The molecular formula is C13H20BrNS. The summed E-state index contributed by atoms with van der Waals surface area (Å²) in [6.45, 7) is 2.18. The molecule has 0 bridgehead atoms. The van der Waals surface area contributed by atoms with E-state index in [1.165, 1.54) is 46.3 Å². The number of rotatable bonds is 4. The molecule has 0 saturated heterocycles. The van der Waals surface area contributed by atoms with Gasteiger partial charge >= 0.3 is 0 Å². The van der Waals surface area contributed by atoms with Crippen LogP contribution in [0.25, 0.3) is 0 Å². The number of aryl methyl sites for hydroxylation is 1. The molecule has 1 aliphatic carbocycles. The molecule has 1 nitrogen and oxygen atoms in total. The minimum Gasteiger partial charge on any atom is -0.312 e. The van der Waals surface area contributed by atoms with E-state index in [1.54, 1.807) is 0 Å². The second-order valence-electron chi connectivity index (χ2n) is 4.78. The Morgan fingerprint density at radius 3 is 2.69 bits per heavy atom. The molecule has 1 aromatic heterocycles. The van der Waals surface area contributed by atoms with Gasteiger partial charge in [-0.3, -0.25) is 0 Å². The van der Waals surface area contributed by atoms with Crippen molar-refractivity contribution in [2.75, 3.05) is 7.05 Å². The van der Waals surface area contributed by atoms with Gasteiger partial charge in [-0.2, -0.15) is 0 Å². The third-order valence-corrected chi connectivity index (χ3v) is 5.86. The van der Waals surface area contributed by atoms with Gasteiger partial charge in [-0.15, -0.1) is 11.3 Å². The zero-order valence-electron chi connectivity index (χ0n) is 10.1. The molecule has 0 aliphatic heterocycles. The summed E-state index contributed by atoms with van der Waals surface area (Å²) in [6.07, 6.45) is 7.05. The second kappa shape index (κ2) is 5.65. The standard InChI is InChI=1S/C13H20BrNS/c1-9-11(14)8-13(16-9)12(15-2)7-10-5-3-4-6-10/h8,10,12,15H,3-7H2,1-2H3. The van der Waals surface area contributed by atoms with E-state index < -0.39 is 0 Å². The first-order valence-corrected chi connectivity index (χ1v) is 7.74. The molecule has 1 unspecified atom stereocenters. The number of thiophene rings is 1. The van der Waals surface area contributed by atoms with Crippen molar-refractivity contribution < 1.29 is 0 Å². The smallest absolute Gasteiger partial charge is 0.0415 e. The Bertz CT molecular complexity index is 322. The summed E-state index contributed by atoms with van der Waals surface area (Å²) < 4.78 is 1.26. The lowest BCUT2D eigenvalue weighted by Gasteiger charge is -2.18. The van der Waals surface area contributed by atoms with Crippen LogP contribution in [0.2, 0.25) is 0 Å². The Hall–Kier alpha value is 0.140. The SMILES string of the molecule is CNC(CC1CCCC1)c1cc(Br)c(C)s1. The van der Waals surface area contributed by atoms with Crippen molar-refractivity contribution in [2.45, 2.75) is 45.1 Å². The van der Waals surface area contributed by atoms with E-state index in [-0.39, 0.29) is 0 Å². The van der Waals surface area contributed by atoms with E-state index >= 15 is 0 Å². The fourth-order valence-electron chi connectivity index (χ4n) is 2.61. The third-order valence-electron chi connectivity index (χ3n) is 3.61. The Labute approximate surface area is 111 Å². The predicted octanol–water partition coefficient (Wildman–Crippen LogP) is 4.66. The van der Waals surface area contributed by atoms with E-state index in [0.717, 1.165) is 5.92 Å². The topological polar surface area (TPSA) is 12.0 Å². The average molecular weight is 302 g/mol. The van der Waals surface area contributed by atoms with Crippen LogP contribution in [0.3, 0.4) is 0 Å². The van der Waals surface area contributed by atoms with E-state index in [4.69, 9.17) is 0 Å². The van der Waals surface area contributed by atoms with Crippen LogP contribution >= 0.6 is 27.3 Å². The molecule has 0 amide bonds. The van der Waals surface area contributed by atoms with Crippen molar-refractivity contribution in [3.05, 3.63) is 20.3 Å². The lowest BCUT2D eigenvalue weighted by Crippen LogP contribution is -2.18. The highest BCUT2D eigenvalue weighted by atomic mass is 79.9. The van der Waals surface area contributed by atoms with E-state index in [2.05, 4.69) is 41.3 Å². The van der Waals surface area contributed by atoms with Crippen LogP contribution in [0, 0.1) is 12.8 Å². The van der Waals surface area contributed by atoms with Gasteiger partial charge in [-0.1, -0.05) is 25.7 Å². The lowest BCUT2D eigenvalue weighted by molar-refractivity contribution is 0.417. The van der Waals surface area contributed by atoms with Crippen molar-refractivity contribution in [3.63, 3.8) is 0 Å². The number of halogens is 1. The molecule has 1 atom stereocenters. The zero-order chi connectivity index (χ0) is 11.5. The normalized spacial score (nSPS) is 19.2. The van der Waals surface area contributed by atoms with Gasteiger partial charge in [0.1, 0.15) is 0 Å². The van der Waals surface area contributed by atoms with Crippen molar-refractivity contribution >= 4 is 27.3 Å². The summed E-state index contributed by atoms with van der Waals surface area (Å²) in [5.74, 6) is 0.943. The van der Waals surface area contributed by atoms with Gasteiger partial charge in [-0.25, -0.2) is 0 Å². The molecule has 1 fully saturated rings. The summed E-state index contributed by atoms with van der Waals surface area (Å²) in [7, 11) is 2.09. The molecule has 16 heavy (non-hydrogen) atoms. The highest BCUT2D eigenvalue weighted by Crippen LogP contribution is 2.37. The zero-order valence-corrected chi connectivity index (χ0v) is 12.5. The van der Waals surface area contributed by atoms with E-state index in [1.807, 2.05) is 11.3 Å². The summed E-state index contributed by atoms with van der Waals surface area (Å²) in [4.78, 5) is 2.88. The van der Waals surface area contributed by atoms with Gasteiger partial charge in [0.15, 0.2) is 0 Å². The molecule has 1 heterocycles. The van der Waals surface area contributed by atoms with Crippen LogP contribution in [-0.2, 0) is 0 Å². The van der Waals surface area contributed by atoms with Crippen LogP contribution in [-0.4, -0.2) is 7.05 Å². The molecule has 2 rings (SSSR count). The molecule has 1 aliphatic rings. The van der Waals surface area contributed by atoms with Crippen LogP contribution in [0.15, 0.2) is 10.5 Å². The molecular weight excluding hydrogens is 282 g/mol. The number of hydrogen-bond acceptors (Lipinski definition) is 2. The Balaban J connectivity index is 2.03. The summed E-state index contributed by atoms with van der Waals surface area (Å²) >= 11 is 5.53. The maximum atomic E-state index is 3.61. The predicted molar refractivity (Wildman–Crippen MR) is 75.1 cm³/mol. The quantitative estimate of drug-likeness (QED) is 0.853. The van der Waals surface area contributed by atoms with Gasteiger partial charge in [0.05, 0.1) is 0 Å². The van der Waals surface area contributed by atoms with Gasteiger partial charge in [0.2, 0.25) is 0 Å². The first-order valence-electron chi connectivity index (χ1n) is 6.13.